The van der Waals surface area contributed by atoms with Crippen LogP contribution in [0.5, 0.6) is 0 Å². The van der Waals surface area contributed by atoms with Crippen molar-refractivity contribution in [1.29, 1.82) is 0 Å². The zero-order valence-corrected chi connectivity index (χ0v) is 9.31. The lowest BCUT2D eigenvalue weighted by Gasteiger charge is -2.29. The Bertz CT molecular complexity index is 122. The maximum absolute atomic E-state index is 3.71. The molecule has 0 saturated heterocycles. The third-order valence-corrected chi connectivity index (χ3v) is 3.30. The molecule has 0 aromatic heterocycles. The average Bonchev–Trinajstić information content (AvgIpc) is 2.15. The lowest BCUT2D eigenvalue weighted by atomic mass is 9.86. The van der Waals surface area contributed by atoms with Gasteiger partial charge in [0, 0.05) is 6.04 Å². The van der Waals surface area contributed by atoms with E-state index in [1.54, 1.807) is 0 Å². The molecule has 1 N–H and O–H groups in total. The van der Waals surface area contributed by atoms with Crippen molar-refractivity contribution in [2.75, 3.05) is 6.54 Å². The zero-order chi connectivity index (χ0) is 9.52. The van der Waals surface area contributed by atoms with Gasteiger partial charge in [-0.25, -0.2) is 0 Å². The summed E-state index contributed by atoms with van der Waals surface area (Å²) < 4.78 is 0. The molecule has 1 nitrogen and oxygen atoms in total. The van der Waals surface area contributed by atoms with E-state index in [1.165, 1.54) is 51.5 Å². The van der Waals surface area contributed by atoms with Crippen LogP contribution in [0.15, 0.2) is 0 Å². The standard InChI is InChI=1S/C12H25N/c1-3-4-7-10-13-12-9-6-5-8-11(12)2/h11-13H,3-10H2,1-2H3/t11-,12+/m1/s1. The van der Waals surface area contributed by atoms with Gasteiger partial charge >= 0.3 is 0 Å². The predicted molar refractivity (Wildman–Crippen MR) is 58.9 cm³/mol. The highest BCUT2D eigenvalue weighted by molar-refractivity contribution is 4.77. The molecule has 0 spiro atoms. The Morgan fingerprint density at radius 3 is 2.62 bits per heavy atom. The molecule has 1 heteroatoms. The molecule has 0 unspecified atom stereocenters. The Morgan fingerprint density at radius 1 is 1.15 bits per heavy atom. The van der Waals surface area contributed by atoms with Gasteiger partial charge in [-0.3, -0.25) is 0 Å². The molecular formula is C12H25N. The topological polar surface area (TPSA) is 12.0 Å². The molecule has 0 aliphatic heterocycles. The van der Waals surface area contributed by atoms with E-state index in [4.69, 9.17) is 0 Å². The summed E-state index contributed by atoms with van der Waals surface area (Å²) in [5, 5.41) is 3.71. The van der Waals surface area contributed by atoms with Crippen molar-refractivity contribution in [2.24, 2.45) is 5.92 Å². The highest BCUT2D eigenvalue weighted by Crippen LogP contribution is 2.23. The number of nitrogens with one attached hydrogen (secondary N) is 1. The fraction of sp³-hybridized carbons (Fsp3) is 1.00. The van der Waals surface area contributed by atoms with Crippen LogP contribution >= 0.6 is 0 Å². The van der Waals surface area contributed by atoms with Crippen LogP contribution in [0, 0.1) is 5.92 Å². The summed E-state index contributed by atoms with van der Waals surface area (Å²) in [6.45, 7) is 5.91. The second-order valence-electron chi connectivity index (χ2n) is 4.53. The number of rotatable bonds is 5. The summed E-state index contributed by atoms with van der Waals surface area (Å²) in [4.78, 5) is 0. The maximum atomic E-state index is 3.71. The lowest BCUT2D eigenvalue weighted by molar-refractivity contribution is 0.280. The molecule has 1 aliphatic rings. The Hall–Kier alpha value is -0.0400. The van der Waals surface area contributed by atoms with Crippen LogP contribution < -0.4 is 5.32 Å². The van der Waals surface area contributed by atoms with Crippen LogP contribution in [0.4, 0.5) is 0 Å². The van der Waals surface area contributed by atoms with Gasteiger partial charge in [0.25, 0.3) is 0 Å². The van der Waals surface area contributed by atoms with Crippen molar-refractivity contribution in [3.63, 3.8) is 0 Å². The summed E-state index contributed by atoms with van der Waals surface area (Å²) in [7, 11) is 0. The van der Waals surface area contributed by atoms with E-state index in [-0.39, 0.29) is 0 Å². The fourth-order valence-corrected chi connectivity index (χ4v) is 2.28. The molecule has 0 heterocycles. The molecule has 0 bridgehead atoms. The summed E-state index contributed by atoms with van der Waals surface area (Å²) in [6.07, 6.45) is 9.82. The molecule has 1 aliphatic carbocycles. The van der Waals surface area contributed by atoms with Gasteiger partial charge in [0.15, 0.2) is 0 Å². The number of hydrogen-bond donors (Lipinski definition) is 1. The molecule has 78 valence electrons. The van der Waals surface area contributed by atoms with Gasteiger partial charge in [-0.15, -0.1) is 0 Å². The minimum Gasteiger partial charge on any atom is -0.314 e. The van der Waals surface area contributed by atoms with Crippen molar-refractivity contribution >= 4 is 0 Å². The third kappa shape index (κ3) is 4.12. The van der Waals surface area contributed by atoms with Gasteiger partial charge in [0.2, 0.25) is 0 Å². The molecule has 2 atom stereocenters. The number of hydrogen-bond acceptors (Lipinski definition) is 1. The second-order valence-corrected chi connectivity index (χ2v) is 4.53. The largest absolute Gasteiger partial charge is 0.314 e. The Labute approximate surface area is 83.3 Å². The average molecular weight is 183 g/mol. The summed E-state index contributed by atoms with van der Waals surface area (Å²) >= 11 is 0. The smallest absolute Gasteiger partial charge is 0.00926 e. The maximum Gasteiger partial charge on any atom is 0.00926 e. The van der Waals surface area contributed by atoms with Gasteiger partial charge in [-0.2, -0.15) is 0 Å². The normalized spacial score (nSPS) is 29.1. The van der Waals surface area contributed by atoms with E-state index in [0.717, 1.165) is 12.0 Å². The van der Waals surface area contributed by atoms with E-state index in [9.17, 15) is 0 Å². The third-order valence-electron chi connectivity index (χ3n) is 3.30. The van der Waals surface area contributed by atoms with Crippen LogP contribution in [-0.2, 0) is 0 Å². The summed E-state index contributed by atoms with van der Waals surface area (Å²) in [5.74, 6) is 0.912. The predicted octanol–water partition coefficient (Wildman–Crippen LogP) is 3.34. The van der Waals surface area contributed by atoms with Gasteiger partial charge < -0.3 is 5.32 Å². The van der Waals surface area contributed by atoms with Crippen LogP contribution in [0.25, 0.3) is 0 Å². The molecule has 1 saturated carbocycles. The molecule has 0 radical (unpaired) electrons. The highest BCUT2D eigenvalue weighted by atomic mass is 14.9. The van der Waals surface area contributed by atoms with Crippen LogP contribution in [-0.4, -0.2) is 12.6 Å². The van der Waals surface area contributed by atoms with E-state index in [1.807, 2.05) is 0 Å². The van der Waals surface area contributed by atoms with E-state index in [2.05, 4.69) is 19.2 Å². The van der Waals surface area contributed by atoms with Crippen molar-refractivity contribution in [3.8, 4) is 0 Å². The van der Waals surface area contributed by atoms with Gasteiger partial charge in [-0.1, -0.05) is 39.5 Å². The minimum absolute atomic E-state index is 0.825. The van der Waals surface area contributed by atoms with Crippen LogP contribution in [0.1, 0.15) is 58.8 Å². The molecule has 0 aromatic rings. The molecule has 0 aromatic carbocycles. The van der Waals surface area contributed by atoms with Gasteiger partial charge in [-0.05, 0) is 31.7 Å². The van der Waals surface area contributed by atoms with Crippen molar-refractivity contribution in [3.05, 3.63) is 0 Å². The molecule has 1 fully saturated rings. The lowest BCUT2D eigenvalue weighted by Crippen LogP contribution is -2.37. The van der Waals surface area contributed by atoms with Crippen LogP contribution in [0.2, 0.25) is 0 Å². The van der Waals surface area contributed by atoms with E-state index >= 15 is 0 Å². The minimum atomic E-state index is 0.825. The molecule has 1 rings (SSSR count). The quantitative estimate of drug-likeness (QED) is 0.645. The van der Waals surface area contributed by atoms with Gasteiger partial charge in [0.05, 0.1) is 0 Å². The Kier molecular flexibility index (Phi) is 5.45. The van der Waals surface area contributed by atoms with E-state index in [0.29, 0.717) is 0 Å². The zero-order valence-electron chi connectivity index (χ0n) is 9.31. The first-order chi connectivity index (χ1) is 6.34. The summed E-state index contributed by atoms with van der Waals surface area (Å²) in [5.41, 5.74) is 0. The van der Waals surface area contributed by atoms with E-state index < -0.39 is 0 Å². The first-order valence-electron chi connectivity index (χ1n) is 6.08. The van der Waals surface area contributed by atoms with Crippen molar-refractivity contribution in [1.82, 2.24) is 5.32 Å². The molecule has 13 heavy (non-hydrogen) atoms. The molecular weight excluding hydrogens is 158 g/mol. The van der Waals surface area contributed by atoms with Gasteiger partial charge in [0.1, 0.15) is 0 Å². The Morgan fingerprint density at radius 2 is 1.92 bits per heavy atom. The van der Waals surface area contributed by atoms with Crippen molar-refractivity contribution in [2.45, 2.75) is 64.8 Å². The van der Waals surface area contributed by atoms with Crippen molar-refractivity contribution < 1.29 is 0 Å². The fourth-order valence-electron chi connectivity index (χ4n) is 2.28. The second kappa shape index (κ2) is 6.42. The summed E-state index contributed by atoms with van der Waals surface area (Å²) in [6, 6.07) is 0.825. The monoisotopic (exact) mass is 183 g/mol. The first-order valence-corrected chi connectivity index (χ1v) is 6.08. The Balaban J connectivity index is 2.05. The number of unbranched alkanes of at least 4 members (excludes halogenated alkanes) is 2. The SMILES string of the molecule is CCCCCN[C@H]1CCCC[C@H]1C. The van der Waals surface area contributed by atoms with Crippen LogP contribution in [0.3, 0.4) is 0 Å². The molecule has 0 amide bonds. The first kappa shape index (κ1) is 11.0. The highest BCUT2D eigenvalue weighted by Gasteiger charge is 2.19.